The fourth-order valence-electron chi connectivity index (χ4n) is 1.44. The maximum Gasteiger partial charge on any atom is 0.305 e. The van der Waals surface area contributed by atoms with E-state index in [0.717, 1.165) is 6.42 Å². The maximum atomic E-state index is 13.3. The minimum atomic E-state index is -0.967. The SMILES string of the molecule is CCCOC(=O)CCC(O)c1ccccc1F. The lowest BCUT2D eigenvalue weighted by Crippen LogP contribution is -2.08. The highest BCUT2D eigenvalue weighted by atomic mass is 19.1. The molecule has 0 radical (unpaired) electrons. The standard InChI is InChI=1S/C13H17FO3/c1-2-9-17-13(16)8-7-12(15)10-5-3-4-6-11(10)14/h3-6,12,15H,2,7-9H2,1H3. The molecule has 1 rings (SSSR count). The number of hydrogen-bond donors (Lipinski definition) is 1. The number of hydrogen-bond acceptors (Lipinski definition) is 3. The summed E-state index contributed by atoms with van der Waals surface area (Å²) >= 11 is 0. The number of esters is 1. The molecule has 4 heteroatoms. The fourth-order valence-corrected chi connectivity index (χ4v) is 1.44. The highest BCUT2D eigenvalue weighted by molar-refractivity contribution is 5.69. The van der Waals surface area contributed by atoms with Crippen LogP contribution in [0, 0.1) is 5.82 Å². The van der Waals surface area contributed by atoms with E-state index in [1.165, 1.54) is 12.1 Å². The van der Waals surface area contributed by atoms with Gasteiger partial charge in [-0.2, -0.15) is 0 Å². The molecule has 0 heterocycles. The zero-order chi connectivity index (χ0) is 12.7. The number of carbonyl (C=O) groups is 1. The van der Waals surface area contributed by atoms with Crippen LogP contribution in [0.3, 0.4) is 0 Å². The molecule has 1 N–H and O–H groups in total. The average molecular weight is 240 g/mol. The molecule has 3 nitrogen and oxygen atoms in total. The summed E-state index contributed by atoms with van der Waals surface area (Å²) in [6.45, 7) is 2.29. The van der Waals surface area contributed by atoms with Crippen LogP contribution in [0.2, 0.25) is 0 Å². The van der Waals surface area contributed by atoms with Crippen LogP contribution < -0.4 is 0 Å². The molecule has 1 aromatic rings. The number of aliphatic hydroxyl groups excluding tert-OH is 1. The first-order valence-electron chi connectivity index (χ1n) is 5.73. The van der Waals surface area contributed by atoms with Crippen molar-refractivity contribution >= 4 is 5.97 Å². The Labute approximate surface area is 100 Å². The van der Waals surface area contributed by atoms with Gasteiger partial charge in [-0.25, -0.2) is 4.39 Å². The van der Waals surface area contributed by atoms with Gasteiger partial charge in [-0.05, 0) is 18.9 Å². The van der Waals surface area contributed by atoms with Crippen LogP contribution in [0.15, 0.2) is 24.3 Å². The van der Waals surface area contributed by atoms with Crippen LogP contribution in [0.1, 0.15) is 37.9 Å². The normalized spacial score (nSPS) is 12.2. The second-order valence-electron chi connectivity index (χ2n) is 3.80. The fraction of sp³-hybridized carbons (Fsp3) is 0.462. The zero-order valence-electron chi connectivity index (χ0n) is 9.86. The Bertz CT molecular complexity index is 365. The minimum Gasteiger partial charge on any atom is -0.466 e. The third-order valence-corrected chi connectivity index (χ3v) is 2.35. The summed E-state index contributed by atoms with van der Waals surface area (Å²) in [5, 5.41) is 9.73. The molecular weight excluding hydrogens is 223 g/mol. The average Bonchev–Trinajstić information content (AvgIpc) is 2.34. The summed E-state index contributed by atoms with van der Waals surface area (Å²) < 4.78 is 18.2. The Morgan fingerprint density at radius 3 is 2.82 bits per heavy atom. The summed E-state index contributed by atoms with van der Waals surface area (Å²) in [5.41, 5.74) is 0.218. The molecule has 0 bridgehead atoms. The van der Waals surface area contributed by atoms with E-state index < -0.39 is 11.9 Å². The Morgan fingerprint density at radius 1 is 1.47 bits per heavy atom. The van der Waals surface area contributed by atoms with Crippen LogP contribution in [0.4, 0.5) is 4.39 Å². The van der Waals surface area contributed by atoms with Gasteiger partial charge in [0.25, 0.3) is 0 Å². The van der Waals surface area contributed by atoms with Gasteiger partial charge in [-0.3, -0.25) is 4.79 Å². The Kier molecular flexibility index (Phi) is 5.63. The Morgan fingerprint density at radius 2 is 2.18 bits per heavy atom. The monoisotopic (exact) mass is 240 g/mol. The number of halogens is 1. The van der Waals surface area contributed by atoms with Crippen molar-refractivity contribution in [3.8, 4) is 0 Å². The summed E-state index contributed by atoms with van der Waals surface area (Å²) in [6, 6.07) is 6.00. The van der Waals surface area contributed by atoms with E-state index in [4.69, 9.17) is 4.74 Å². The van der Waals surface area contributed by atoms with E-state index >= 15 is 0 Å². The van der Waals surface area contributed by atoms with Crippen LogP contribution in [0.5, 0.6) is 0 Å². The van der Waals surface area contributed by atoms with Crippen molar-refractivity contribution in [3.05, 3.63) is 35.6 Å². The molecule has 17 heavy (non-hydrogen) atoms. The highest BCUT2D eigenvalue weighted by Crippen LogP contribution is 2.21. The molecule has 1 aromatic carbocycles. The number of ether oxygens (including phenoxy) is 1. The van der Waals surface area contributed by atoms with Crippen LogP contribution in [-0.4, -0.2) is 17.7 Å². The first-order chi connectivity index (χ1) is 8.15. The molecule has 0 amide bonds. The van der Waals surface area contributed by atoms with Crippen LogP contribution in [0.25, 0.3) is 0 Å². The van der Waals surface area contributed by atoms with Gasteiger partial charge in [0.2, 0.25) is 0 Å². The molecule has 1 unspecified atom stereocenters. The Hall–Kier alpha value is -1.42. The summed E-state index contributed by atoms with van der Waals surface area (Å²) in [6.07, 6.45) is 0.0611. The predicted molar refractivity (Wildman–Crippen MR) is 61.8 cm³/mol. The van der Waals surface area contributed by atoms with E-state index in [1.54, 1.807) is 12.1 Å². The van der Waals surface area contributed by atoms with Gasteiger partial charge in [0.1, 0.15) is 5.82 Å². The largest absolute Gasteiger partial charge is 0.466 e. The van der Waals surface area contributed by atoms with E-state index in [0.29, 0.717) is 6.61 Å². The number of carbonyl (C=O) groups excluding carboxylic acids is 1. The van der Waals surface area contributed by atoms with E-state index in [2.05, 4.69) is 0 Å². The van der Waals surface area contributed by atoms with Crippen LogP contribution >= 0.6 is 0 Å². The van der Waals surface area contributed by atoms with Crippen molar-refractivity contribution in [3.63, 3.8) is 0 Å². The van der Waals surface area contributed by atoms with Gasteiger partial charge in [-0.15, -0.1) is 0 Å². The zero-order valence-corrected chi connectivity index (χ0v) is 9.86. The molecule has 0 aliphatic heterocycles. The van der Waals surface area contributed by atoms with Gasteiger partial charge in [0.15, 0.2) is 0 Å². The quantitative estimate of drug-likeness (QED) is 0.777. The van der Waals surface area contributed by atoms with Crippen molar-refractivity contribution in [2.45, 2.75) is 32.3 Å². The smallest absolute Gasteiger partial charge is 0.305 e. The maximum absolute atomic E-state index is 13.3. The van der Waals surface area contributed by atoms with Crippen molar-refractivity contribution in [2.24, 2.45) is 0 Å². The van der Waals surface area contributed by atoms with E-state index in [1.807, 2.05) is 6.92 Å². The lowest BCUT2D eigenvalue weighted by atomic mass is 10.0. The molecule has 0 saturated carbocycles. The predicted octanol–water partition coefficient (Wildman–Crippen LogP) is 2.59. The van der Waals surface area contributed by atoms with Gasteiger partial charge in [-0.1, -0.05) is 25.1 Å². The number of benzene rings is 1. The van der Waals surface area contributed by atoms with Gasteiger partial charge in [0.05, 0.1) is 12.7 Å². The van der Waals surface area contributed by atoms with Crippen molar-refractivity contribution in [1.82, 2.24) is 0 Å². The molecule has 0 spiro atoms. The van der Waals surface area contributed by atoms with Gasteiger partial charge >= 0.3 is 5.97 Å². The molecule has 0 aromatic heterocycles. The third kappa shape index (κ3) is 4.53. The molecule has 0 aliphatic carbocycles. The topological polar surface area (TPSA) is 46.5 Å². The number of rotatable bonds is 6. The van der Waals surface area contributed by atoms with Crippen LogP contribution in [-0.2, 0) is 9.53 Å². The van der Waals surface area contributed by atoms with Crippen molar-refractivity contribution in [2.75, 3.05) is 6.61 Å². The van der Waals surface area contributed by atoms with Gasteiger partial charge in [0, 0.05) is 12.0 Å². The third-order valence-electron chi connectivity index (χ3n) is 2.35. The lowest BCUT2D eigenvalue weighted by Gasteiger charge is -2.11. The lowest BCUT2D eigenvalue weighted by molar-refractivity contribution is -0.144. The highest BCUT2D eigenvalue weighted by Gasteiger charge is 2.14. The summed E-state index contributed by atoms with van der Waals surface area (Å²) in [5.74, 6) is -0.816. The number of aliphatic hydroxyl groups is 1. The minimum absolute atomic E-state index is 0.0928. The first kappa shape index (κ1) is 13.6. The molecule has 0 aliphatic rings. The first-order valence-corrected chi connectivity index (χ1v) is 5.73. The molecule has 1 atom stereocenters. The van der Waals surface area contributed by atoms with Crippen molar-refractivity contribution < 1.29 is 19.0 Å². The van der Waals surface area contributed by atoms with E-state index in [-0.39, 0.29) is 24.4 Å². The second kappa shape index (κ2) is 7.01. The summed E-state index contributed by atoms with van der Waals surface area (Å²) in [4.78, 5) is 11.2. The Balaban J connectivity index is 2.42. The molecular formula is C13H17FO3. The van der Waals surface area contributed by atoms with E-state index in [9.17, 15) is 14.3 Å². The molecule has 0 fully saturated rings. The second-order valence-corrected chi connectivity index (χ2v) is 3.80. The summed E-state index contributed by atoms with van der Waals surface area (Å²) in [7, 11) is 0. The van der Waals surface area contributed by atoms with Crippen molar-refractivity contribution in [1.29, 1.82) is 0 Å². The molecule has 94 valence electrons. The van der Waals surface area contributed by atoms with Gasteiger partial charge < -0.3 is 9.84 Å². The molecule has 0 saturated heterocycles.